The van der Waals surface area contributed by atoms with E-state index in [1.54, 1.807) is 31.5 Å². The second-order valence-electron chi connectivity index (χ2n) is 6.21. The first-order valence-electron chi connectivity index (χ1n) is 8.81. The van der Waals surface area contributed by atoms with Crippen molar-refractivity contribution in [2.45, 2.75) is 6.61 Å². The van der Waals surface area contributed by atoms with Crippen molar-refractivity contribution in [3.05, 3.63) is 71.8 Å². The van der Waals surface area contributed by atoms with Gasteiger partial charge in [-0.1, -0.05) is 17.7 Å². The standard InChI is InChI=1S/C21H18ClN5O2/c1-28-20-10-19-15(9-17(20)23)21(26-12-25-19)27-18-6-5-14(8-16(18)22)29-11-13-4-2-3-7-24-13/h2-10,12H,11,23H2,1H3,(H,25,26,27). The summed E-state index contributed by atoms with van der Waals surface area (Å²) in [7, 11) is 1.56. The summed E-state index contributed by atoms with van der Waals surface area (Å²) >= 11 is 6.44. The molecule has 0 spiro atoms. The molecule has 0 atom stereocenters. The van der Waals surface area contributed by atoms with Crippen LogP contribution in [-0.4, -0.2) is 22.1 Å². The summed E-state index contributed by atoms with van der Waals surface area (Å²) in [6.07, 6.45) is 3.20. The number of methoxy groups -OCH3 is 1. The van der Waals surface area contributed by atoms with Gasteiger partial charge in [-0.15, -0.1) is 0 Å². The highest BCUT2D eigenvalue weighted by Crippen LogP contribution is 2.34. The lowest BCUT2D eigenvalue weighted by Crippen LogP contribution is -2.00. The predicted octanol–water partition coefficient (Wildman–Crippen LogP) is 4.59. The van der Waals surface area contributed by atoms with Gasteiger partial charge in [-0.05, 0) is 30.3 Å². The van der Waals surface area contributed by atoms with Crippen LogP contribution in [0.4, 0.5) is 17.2 Å². The first kappa shape index (κ1) is 18.8. The number of ether oxygens (including phenoxy) is 2. The van der Waals surface area contributed by atoms with Crippen LogP contribution in [0.25, 0.3) is 10.9 Å². The number of rotatable bonds is 6. The lowest BCUT2D eigenvalue weighted by Gasteiger charge is -2.13. The molecule has 29 heavy (non-hydrogen) atoms. The van der Waals surface area contributed by atoms with Crippen LogP contribution in [-0.2, 0) is 6.61 Å². The maximum Gasteiger partial charge on any atom is 0.143 e. The van der Waals surface area contributed by atoms with Crippen LogP contribution in [0.2, 0.25) is 5.02 Å². The Kier molecular flexibility index (Phi) is 5.31. The number of anilines is 3. The molecule has 0 aliphatic carbocycles. The second kappa shape index (κ2) is 8.20. The van der Waals surface area contributed by atoms with Gasteiger partial charge in [-0.3, -0.25) is 4.98 Å². The Balaban J connectivity index is 1.56. The molecule has 2 heterocycles. The highest BCUT2D eigenvalue weighted by molar-refractivity contribution is 6.33. The molecule has 4 rings (SSSR count). The zero-order chi connectivity index (χ0) is 20.2. The highest BCUT2D eigenvalue weighted by atomic mass is 35.5. The normalized spacial score (nSPS) is 10.7. The van der Waals surface area contributed by atoms with Gasteiger partial charge in [0.05, 0.1) is 34.7 Å². The van der Waals surface area contributed by atoms with Crippen molar-refractivity contribution in [3.8, 4) is 11.5 Å². The fourth-order valence-electron chi connectivity index (χ4n) is 2.83. The number of halogens is 1. The molecule has 3 N–H and O–H groups in total. The molecule has 4 aromatic rings. The van der Waals surface area contributed by atoms with E-state index in [1.807, 2.05) is 30.3 Å². The van der Waals surface area contributed by atoms with Gasteiger partial charge in [0.25, 0.3) is 0 Å². The maximum atomic E-state index is 6.44. The fraction of sp³-hybridized carbons (Fsp3) is 0.0952. The topological polar surface area (TPSA) is 95.2 Å². The zero-order valence-electron chi connectivity index (χ0n) is 15.6. The van der Waals surface area contributed by atoms with Gasteiger partial charge in [-0.2, -0.15) is 0 Å². The van der Waals surface area contributed by atoms with E-state index in [0.29, 0.717) is 45.8 Å². The number of benzene rings is 2. The minimum atomic E-state index is 0.363. The van der Waals surface area contributed by atoms with Crippen molar-refractivity contribution in [1.29, 1.82) is 0 Å². The van der Waals surface area contributed by atoms with Crippen LogP contribution in [0, 0.1) is 0 Å². The average Bonchev–Trinajstić information content (AvgIpc) is 2.74. The van der Waals surface area contributed by atoms with Crippen LogP contribution >= 0.6 is 11.6 Å². The zero-order valence-corrected chi connectivity index (χ0v) is 16.3. The van der Waals surface area contributed by atoms with Crippen molar-refractivity contribution < 1.29 is 9.47 Å². The molecule has 0 aliphatic rings. The number of nitrogens with zero attached hydrogens (tertiary/aromatic N) is 3. The summed E-state index contributed by atoms with van der Waals surface area (Å²) in [5.74, 6) is 1.80. The highest BCUT2D eigenvalue weighted by Gasteiger charge is 2.11. The molecule has 0 unspecified atom stereocenters. The van der Waals surface area contributed by atoms with Gasteiger partial charge >= 0.3 is 0 Å². The van der Waals surface area contributed by atoms with Crippen LogP contribution in [0.15, 0.2) is 61.1 Å². The Bertz CT molecular complexity index is 1150. The number of nitrogens with two attached hydrogens (primary N) is 1. The van der Waals surface area contributed by atoms with E-state index in [0.717, 1.165) is 11.1 Å². The van der Waals surface area contributed by atoms with Gasteiger partial charge in [0, 0.05) is 23.7 Å². The molecule has 0 bridgehead atoms. The summed E-state index contributed by atoms with van der Waals surface area (Å²) in [6, 6.07) is 14.6. The maximum absolute atomic E-state index is 6.44. The van der Waals surface area contributed by atoms with Gasteiger partial charge in [0.2, 0.25) is 0 Å². The van der Waals surface area contributed by atoms with Crippen molar-refractivity contribution in [2.75, 3.05) is 18.2 Å². The Hall–Kier alpha value is -3.58. The first-order chi connectivity index (χ1) is 14.1. The number of hydrogen-bond acceptors (Lipinski definition) is 7. The molecule has 7 nitrogen and oxygen atoms in total. The van der Waals surface area contributed by atoms with E-state index < -0.39 is 0 Å². The monoisotopic (exact) mass is 407 g/mol. The molecular formula is C21H18ClN5O2. The van der Waals surface area contributed by atoms with Crippen molar-refractivity contribution in [1.82, 2.24) is 15.0 Å². The van der Waals surface area contributed by atoms with Crippen LogP contribution in [0.3, 0.4) is 0 Å². The number of aromatic nitrogens is 3. The first-order valence-corrected chi connectivity index (χ1v) is 9.19. The van der Waals surface area contributed by atoms with Crippen LogP contribution in [0.1, 0.15) is 5.69 Å². The smallest absolute Gasteiger partial charge is 0.143 e. The Morgan fingerprint density at radius 1 is 1.07 bits per heavy atom. The van der Waals surface area contributed by atoms with Crippen molar-refractivity contribution >= 4 is 39.7 Å². The molecule has 0 saturated heterocycles. The Labute approximate surface area is 172 Å². The number of nitrogen functional groups attached to an aromatic ring is 1. The quantitative estimate of drug-likeness (QED) is 0.451. The third-order valence-corrected chi connectivity index (χ3v) is 4.61. The summed E-state index contributed by atoms with van der Waals surface area (Å²) in [4.78, 5) is 12.8. The number of nitrogens with one attached hydrogen (secondary N) is 1. The van der Waals surface area contributed by atoms with Gasteiger partial charge in [-0.25, -0.2) is 9.97 Å². The number of fused-ring (bicyclic) bond motifs is 1. The van der Waals surface area contributed by atoms with E-state index in [1.165, 1.54) is 6.33 Å². The summed E-state index contributed by atoms with van der Waals surface area (Å²) in [5, 5.41) is 4.49. The SMILES string of the molecule is COc1cc2ncnc(Nc3ccc(OCc4ccccn4)cc3Cl)c2cc1N. The van der Waals surface area contributed by atoms with E-state index in [9.17, 15) is 0 Å². The van der Waals surface area contributed by atoms with E-state index in [-0.39, 0.29) is 0 Å². The van der Waals surface area contributed by atoms with Gasteiger partial charge in [0.15, 0.2) is 0 Å². The van der Waals surface area contributed by atoms with Crippen LogP contribution < -0.4 is 20.5 Å². The lowest BCUT2D eigenvalue weighted by molar-refractivity contribution is 0.301. The Morgan fingerprint density at radius 3 is 2.72 bits per heavy atom. The van der Waals surface area contributed by atoms with Crippen LogP contribution in [0.5, 0.6) is 11.5 Å². The molecular weight excluding hydrogens is 390 g/mol. The van der Waals surface area contributed by atoms with Gasteiger partial charge < -0.3 is 20.5 Å². The van der Waals surface area contributed by atoms with E-state index in [2.05, 4.69) is 20.3 Å². The predicted molar refractivity (Wildman–Crippen MR) is 114 cm³/mol. The van der Waals surface area contributed by atoms with Crippen molar-refractivity contribution in [2.24, 2.45) is 0 Å². The molecule has 146 valence electrons. The van der Waals surface area contributed by atoms with E-state index >= 15 is 0 Å². The third-order valence-electron chi connectivity index (χ3n) is 4.29. The largest absolute Gasteiger partial charge is 0.495 e. The average molecular weight is 408 g/mol. The minimum absolute atomic E-state index is 0.363. The Morgan fingerprint density at radius 2 is 1.97 bits per heavy atom. The summed E-state index contributed by atoms with van der Waals surface area (Å²) in [5.41, 5.74) is 8.77. The lowest BCUT2D eigenvalue weighted by atomic mass is 10.2. The van der Waals surface area contributed by atoms with Crippen molar-refractivity contribution in [3.63, 3.8) is 0 Å². The molecule has 0 saturated carbocycles. The molecule has 0 radical (unpaired) electrons. The minimum Gasteiger partial charge on any atom is -0.495 e. The molecule has 0 aliphatic heterocycles. The number of pyridine rings is 1. The molecule has 2 aromatic heterocycles. The van der Waals surface area contributed by atoms with E-state index in [4.69, 9.17) is 26.8 Å². The molecule has 0 amide bonds. The molecule has 8 heteroatoms. The summed E-state index contributed by atoms with van der Waals surface area (Å²) in [6.45, 7) is 0.363. The molecule has 2 aromatic carbocycles. The van der Waals surface area contributed by atoms with Gasteiger partial charge in [0.1, 0.15) is 30.3 Å². The summed E-state index contributed by atoms with van der Waals surface area (Å²) < 4.78 is 11.0. The molecule has 0 fully saturated rings. The number of hydrogen-bond donors (Lipinski definition) is 2. The second-order valence-corrected chi connectivity index (χ2v) is 6.62. The third kappa shape index (κ3) is 4.14. The fourth-order valence-corrected chi connectivity index (χ4v) is 3.05.